The van der Waals surface area contributed by atoms with E-state index in [1.54, 1.807) is 6.92 Å². The summed E-state index contributed by atoms with van der Waals surface area (Å²) in [6.45, 7) is 3.17. The number of aliphatic hydroxyl groups excluding tert-OH is 1. The quantitative estimate of drug-likeness (QED) is 0.300. The average molecular weight is 463 g/mol. The van der Waals surface area contributed by atoms with Gasteiger partial charge >= 0.3 is 5.97 Å². The number of amides is 3. The lowest BCUT2D eigenvalue weighted by molar-refractivity contribution is -0.146. The number of aliphatic carboxylic acids is 1. The van der Waals surface area contributed by atoms with E-state index in [1.165, 1.54) is 4.90 Å². The van der Waals surface area contributed by atoms with E-state index in [-0.39, 0.29) is 18.9 Å². The highest BCUT2D eigenvalue weighted by Gasteiger charge is 2.39. The number of nitrogens with one attached hydrogen (secondary N) is 2. The van der Waals surface area contributed by atoms with E-state index in [1.807, 2.05) is 37.3 Å². The van der Waals surface area contributed by atoms with Crippen LogP contribution in [0.5, 0.6) is 0 Å². The lowest BCUT2D eigenvalue weighted by Gasteiger charge is -2.30. The number of aliphatic hydroxyl groups is 1. The van der Waals surface area contributed by atoms with Crippen LogP contribution in [0.2, 0.25) is 0 Å². The number of likely N-dealkylation sites (tertiary alicyclic amines) is 1. The fraction of sp³-hybridized carbons (Fsp3) is 0.565. The summed E-state index contributed by atoms with van der Waals surface area (Å²) < 4.78 is 0. The molecule has 0 bridgehead atoms. The predicted molar refractivity (Wildman–Crippen MR) is 121 cm³/mol. The third kappa shape index (κ3) is 7.00. The molecule has 1 aliphatic heterocycles. The van der Waals surface area contributed by atoms with Crippen LogP contribution < -0.4 is 16.4 Å². The maximum absolute atomic E-state index is 13.0. The molecule has 5 atom stereocenters. The third-order valence-corrected chi connectivity index (χ3v) is 6.05. The monoisotopic (exact) mass is 462 g/mol. The van der Waals surface area contributed by atoms with Gasteiger partial charge < -0.3 is 31.5 Å². The minimum Gasteiger partial charge on any atom is -0.480 e. The molecule has 1 aromatic rings. The van der Waals surface area contributed by atoms with Gasteiger partial charge in [0.25, 0.3) is 0 Å². The Morgan fingerprint density at radius 1 is 1.18 bits per heavy atom. The van der Waals surface area contributed by atoms with E-state index in [2.05, 4.69) is 10.6 Å². The summed E-state index contributed by atoms with van der Waals surface area (Å²) in [4.78, 5) is 51.2. The molecule has 182 valence electrons. The van der Waals surface area contributed by atoms with Crippen molar-refractivity contribution in [3.63, 3.8) is 0 Å². The minimum absolute atomic E-state index is 0.264. The Labute approximate surface area is 193 Å². The lowest BCUT2D eigenvalue weighted by atomic mass is 9.98. The summed E-state index contributed by atoms with van der Waals surface area (Å²) in [5.41, 5.74) is 6.83. The molecule has 1 aliphatic rings. The number of rotatable bonds is 11. The van der Waals surface area contributed by atoms with Gasteiger partial charge in [-0.2, -0.15) is 0 Å². The molecule has 0 aromatic heterocycles. The molecule has 2 rings (SSSR count). The van der Waals surface area contributed by atoms with Gasteiger partial charge in [-0.05, 0) is 30.7 Å². The van der Waals surface area contributed by atoms with Crippen LogP contribution in [-0.4, -0.2) is 76.1 Å². The van der Waals surface area contributed by atoms with Gasteiger partial charge in [-0.25, -0.2) is 4.79 Å². The number of hydrogen-bond acceptors (Lipinski definition) is 6. The predicted octanol–water partition coefficient (Wildman–Crippen LogP) is -0.360. The lowest BCUT2D eigenvalue weighted by Crippen LogP contribution is -2.58. The van der Waals surface area contributed by atoms with E-state index in [4.69, 9.17) is 5.73 Å². The number of carboxylic acids is 1. The third-order valence-electron chi connectivity index (χ3n) is 6.05. The van der Waals surface area contributed by atoms with Gasteiger partial charge in [-0.15, -0.1) is 0 Å². The second-order valence-electron chi connectivity index (χ2n) is 8.44. The number of carboxylic acid groups (broad SMARTS) is 1. The van der Waals surface area contributed by atoms with Gasteiger partial charge in [-0.3, -0.25) is 14.4 Å². The molecule has 3 amide bonds. The van der Waals surface area contributed by atoms with Crippen LogP contribution in [0.4, 0.5) is 0 Å². The zero-order chi connectivity index (χ0) is 24.5. The number of nitrogens with two attached hydrogens (primary N) is 1. The molecule has 33 heavy (non-hydrogen) atoms. The van der Waals surface area contributed by atoms with E-state index >= 15 is 0 Å². The Hall–Kier alpha value is -2.98. The van der Waals surface area contributed by atoms with Crippen LogP contribution in [0, 0.1) is 5.92 Å². The second-order valence-corrected chi connectivity index (χ2v) is 8.44. The molecule has 0 radical (unpaired) electrons. The molecule has 10 nitrogen and oxygen atoms in total. The number of nitrogens with zero attached hydrogens (tertiary/aromatic N) is 1. The molecule has 6 N–H and O–H groups in total. The van der Waals surface area contributed by atoms with E-state index in [0.29, 0.717) is 19.3 Å². The van der Waals surface area contributed by atoms with Crippen molar-refractivity contribution in [2.45, 2.75) is 63.7 Å². The molecule has 0 saturated carbocycles. The van der Waals surface area contributed by atoms with Crippen LogP contribution >= 0.6 is 0 Å². The average Bonchev–Trinajstić information content (AvgIpc) is 3.30. The zero-order valence-electron chi connectivity index (χ0n) is 19.1. The zero-order valence-corrected chi connectivity index (χ0v) is 19.1. The number of hydrogen-bond donors (Lipinski definition) is 5. The first kappa shape index (κ1) is 26.3. The number of carbonyl (C=O) groups is 4. The summed E-state index contributed by atoms with van der Waals surface area (Å²) >= 11 is 0. The molecular weight excluding hydrogens is 428 g/mol. The van der Waals surface area contributed by atoms with Crippen LogP contribution in [0.3, 0.4) is 0 Å². The maximum Gasteiger partial charge on any atom is 0.326 e. The molecule has 1 fully saturated rings. The van der Waals surface area contributed by atoms with Gasteiger partial charge in [0.2, 0.25) is 17.7 Å². The molecule has 1 heterocycles. The Morgan fingerprint density at radius 2 is 1.85 bits per heavy atom. The van der Waals surface area contributed by atoms with Crippen molar-refractivity contribution in [2.75, 3.05) is 13.2 Å². The topological polar surface area (TPSA) is 162 Å². The highest BCUT2D eigenvalue weighted by atomic mass is 16.4. The van der Waals surface area contributed by atoms with Crippen molar-refractivity contribution in [3.8, 4) is 0 Å². The smallest absolute Gasteiger partial charge is 0.326 e. The van der Waals surface area contributed by atoms with E-state index in [9.17, 15) is 29.4 Å². The van der Waals surface area contributed by atoms with Crippen LogP contribution in [0.1, 0.15) is 38.7 Å². The SMILES string of the molecule is CCC(C)C(NC(=O)C1CCCN1C(=O)C(CO)NC(=O)C(N)Cc1ccccc1)C(=O)O. The van der Waals surface area contributed by atoms with Crippen molar-refractivity contribution in [1.82, 2.24) is 15.5 Å². The van der Waals surface area contributed by atoms with E-state index in [0.717, 1.165) is 5.56 Å². The minimum atomic E-state index is -1.25. The number of benzene rings is 1. The largest absolute Gasteiger partial charge is 0.480 e. The first-order valence-electron chi connectivity index (χ1n) is 11.2. The van der Waals surface area contributed by atoms with Crippen LogP contribution in [0.15, 0.2) is 30.3 Å². The Bertz CT molecular complexity index is 834. The highest BCUT2D eigenvalue weighted by Crippen LogP contribution is 2.20. The van der Waals surface area contributed by atoms with Gasteiger partial charge in [0.05, 0.1) is 12.6 Å². The second kappa shape index (κ2) is 12.3. The van der Waals surface area contributed by atoms with Crippen molar-refractivity contribution in [3.05, 3.63) is 35.9 Å². The molecule has 1 aromatic carbocycles. The Morgan fingerprint density at radius 3 is 2.42 bits per heavy atom. The molecule has 0 spiro atoms. The van der Waals surface area contributed by atoms with Crippen molar-refractivity contribution < 1.29 is 29.4 Å². The maximum atomic E-state index is 13.0. The summed E-state index contributed by atoms with van der Waals surface area (Å²) in [7, 11) is 0. The van der Waals surface area contributed by atoms with E-state index < -0.39 is 54.5 Å². The van der Waals surface area contributed by atoms with Crippen LogP contribution in [0.25, 0.3) is 0 Å². The summed E-state index contributed by atoms with van der Waals surface area (Å²) in [6.07, 6.45) is 1.74. The van der Waals surface area contributed by atoms with Crippen molar-refractivity contribution in [1.29, 1.82) is 0 Å². The van der Waals surface area contributed by atoms with Crippen LogP contribution in [-0.2, 0) is 25.6 Å². The summed E-state index contributed by atoms with van der Waals surface area (Å²) in [5.74, 6) is -3.17. The highest BCUT2D eigenvalue weighted by molar-refractivity contribution is 5.94. The molecular formula is C23H34N4O6. The normalized spacial score (nSPS) is 19.3. The molecule has 5 unspecified atom stereocenters. The summed E-state index contributed by atoms with van der Waals surface area (Å²) in [5, 5.41) is 24.2. The number of carbonyl (C=O) groups excluding carboxylic acids is 3. The van der Waals surface area contributed by atoms with Gasteiger partial charge in [0.15, 0.2) is 0 Å². The Balaban J connectivity index is 2.03. The first-order chi connectivity index (χ1) is 15.7. The summed E-state index contributed by atoms with van der Waals surface area (Å²) in [6, 6.07) is 5.06. The van der Waals surface area contributed by atoms with Gasteiger partial charge in [-0.1, -0.05) is 50.6 Å². The fourth-order valence-corrected chi connectivity index (χ4v) is 3.86. The fourth-order valence-electron chi connectivity index (χ4n) is 3.86. The Kier molecular flexibility index (Phi) is 9.80. The van der Waals surface area contributed by atoms with Gasteiger partial charge in [0, 0.05) is 6.54 Å². The standard InChI is InChI=1S/C23H34N4O6/c1-3-14(2)19(23(32)33)26-21(30)18-10-7-11-27(18)22(31)17(13-28)25-20(29)16(24)12-15-8-5-4-6-9-15/h4-6,8-9,14,16-19,28H,3,7,10-13,24H2,1-2H3,(H,25,29)(H,26,30)(H,32,33). The molecule has 0 aliphatic carbocycles. The first-order valence-corrected chi connectivity index (χ1v) is 11.2. The molecule has 10 heteroatoms. The van der Waals surface area contributed by atoms with Crippen molar-refractivity contribution in [2.24, 2.45) is 11.7 Å². The van der Waals surface area contributed by atoms with Gasteiger partial charge in [0.1, 0.15) is 18.1 Å². The molecule has 1 saturated heterocycles. The van der Waals surface area contributed by atoms with Crippen molar-refractivity contribution >= 4 is 23.7 Å².